The lowest BCUT2D eigenvalue weighted by atomic mass is 10.1. The number of nitrogens with one attached hydrogen (secondary N) is 1. The number of aliphatic carboxylic acids is 2. The number of aromatic nitrogens is 3. The Bertz CT molecular complexity index is 1350. The first-order valence-electron chi connectivity index (χ1n) is 11.0. The Morgan fingerprint density at radius 2 is 1.89 bits per heavy atom. The largest absolute Gasteiger partial charge is 0.490 e. The summed E-state index contributed by atoms with van der Waals surface area (Å²) < 4.78 is 38.7. The van der Waals surface area contributed by atoms with Crippen molar-refractivity contribution in [2.75, 3.05) is 38.2 Å². The van der Waals surface area contributed by atoms with Crippen LogP contribution in [0.1, 0.15) is 12.6 Å². The molecule has 0 radical (unpaired) electrons. The van der Waals surface area contributed by atoms with Crippen LogP contribution in [0.3, 0.4) is 0 Å². The molecule has 200 valence electrons. The van der Waals surface area contributed by atoms with E-state index in [1.807, 2.05) is 11.8 Å². The number of ether oxygens (including phenoxy) is 1. The molecule has 3 aromatic heterocycles. The summed E-state index contributed by atoms with van der Waals surface area (Å²) in [5, 5.41) is 20.6. The highest BCUT2D eigenvalue weighted by Crippen LogP contribution is 2.33. The SMILES string of the molecule is CCc1c(N2CCNCC2)c(=O)c2nc(-c3ccnc(OC)c3)sc2n1CC(=O)O.O=C(O)C(F)(F)F. The summed E-state index contributed by atoms with van der Waals surface area (Å²) >= 11 is 1.31. The Labute approximate surface area is 212 Å². The van der Waals surface area contributed by atoms with Crippen LogP contribution in [0.2, 0.25) is 0 Å². The number of hydrogen-bond acceptors (Lipinski definition) is 9. The standard InChI is InChI=1S/C20H23N5O4S.C2HF3O2/c1-3-13-17(24-8-6-21-7-9-24)18(28)16-20(25(13)11-15(26)27)30-19(23-16)12-4-5-22-14(10-12)29-2;3-2(4,5)1(6)7/h4-5,10,21H,3,6-9,11H2,1-2H3,(H,26,27);(H,6,7). The van der Waals surface area contributed by atoms with E-state index in [0.29, 0.717) is 46.4 Å². The predicted octanol–water partition coefficient (Wildman–Crippen LogP) is 2.22. The zero-order chi connectivity index (χ0) is 27.3. The second-order valence-corrected chi connectivity index (χ2v) is 8.73. The maximum Gasteiger partial charge on any atom is 0.490 e. The number of hydrogen-bond donors (Lipinski definition) is 3. The van der Waals surface area contributed by atoms with E-state index in [4.69, 9.17) is 14.6 Å². The average Bonchev–Trinajstić information content (AvgIpc) is 3.32. The van der Waals surface area contributed by atoms with Crippen LogP contribution in [0.5, 0.6) is 5.88 Å². The maximum atomic E-state index is 13.5. The van der Waals surface area contributed by atoms with Gasteiger partial charge in [0.05, 0.1) is 7.11 Å². The fourth-order valence-electron chi connectivity index (χ4n) is 3.79. The van der Waals surface area contributed by atoms with Crippen LogP contribution in [-0.4, -0.2) is 76.2 Å². The van der Waals surface area contributed by atoms with Gasteiger partial charge in [-0.05, 0) is 12.5 Å². The van der Waals surface area contributed by atoms with Crippen LogP contribution < -0.4 is 20.4 Å². The summed E-state index contributed by atoms with van der Waals surface area (Å²) in [6.07, 6.45) is -2.92. The molecular formula is C22H24F3N5O6S. The minimum Gasteiger partial charge on any atom is -0.481 e. The number of methoxy groups -OCH3 is 1. The van der Waals surface area contributed by atoms with Gasteiger partial charge in [0.2, 0.25) is 11.3 Å². The van der Waals surface area contributed by atoms with Gasteiger partial charge in [0.15, 0.2) is 0 Å². The smallest absolute Gasteiger partial charge is 0.481 e. The van der Waals surface area contributed by atoms with E-state index >= 15 is 0 Å². The fourth-order valence-corrected chi connectivity index (χ4v) is 4.87. The number of halogens is 3. The van der Waals surface area contributed by atoms with E-state index in [-0.39, 0.29) is 12.0 Å². The topological polar surface area (TPSA) is 147 Å². The number of fused-ring (bicyclic) bond motifs is 1. The molecule has 1 saturated heterocycles. The van der Waals surface area contributed by atoms with Crippen molar-refractivity contribution in [3.8, 4) is 16.5 Å². The molecule has 1 aliphatic heterocycles. The first-order valence-corrected chi connectivity index (χ1v) is 11.8. The lowest BCUT2D eigenvalue weighted by Crippen LogP contribution is -2.46. The van der Waals surface area contributed by atoms with Gasteiger partial charge in [-0.2, -0.15) is 13.2 Å². The zero-order valence-electron chi connectivity index (χ0n) is 19.8. The van der Waals surface area contributed by atoms with E-state index in [1.54, 1.807) is 22.9 Å². The molecule has 3 aromatic rings. The van der Waals surface area contributed by atoms with Gasteiger partial charge in [-0.15, -0.1) is 0 Å². The third-order valence-corrected chi connectivity index (χ3v) is 6.51. The van der Waals surface area contributed by atoms with Crippen molar-refractivity contribution in [1.29, 1.82) is 0 Å². The van der Waals surface area contributed by atoms with E-state index in [0.717, 1.165) is 24.3 Å². The van der Waals surface area contributed by atoms with Gasteiger partial charge in [0.1, 0.15) is 27.6 Å². The van der Waals surface area contributed by atoms with Gasteiger partial charge in [0.25, 0.3) is 0 Å². The molecule has 4 heterocycles. The second-order valence-electron chi connectivity index (χ2n) is 7.76. The molecule has 15 heteroatoms. The molecule has 0 amide bonds. The number of nitrogens with zero attached hydrogens (tertiary/aromatic N) is 4. The summed E-state index contributed by atoms with van der Waals surface area (Å²) in [7, 11) is 1.54. The Hall–Kier alpha value is -3.72. The minimum atomic E-state index is -5.08. The van der Waals surface area contributed by atoms with Crippen LogP contribution in [-0.2, 0) is 22.6 Å². The number of carboxylic acids is 2. The molecule has 0 atom stereocenters. The van der Waals surface area contributed by atoms with Crippen LogP contribution >= 0.6 is 11.3 Å². The van der Waals surface area contributed by atoms with Crippen molar-refractivity contribution in [1.82, 2.24) is 19.9 Å². The Kier molecular flexibility index (Phi) is 8.70. The lowest BCUT2D eigenvalue weighted by Gasteiger charge is -2.31. The summed E-state index contributed by atoms with van der Waals surface area (Å²) in [5.41, 5.74) is 2.23. The third-order valence-electron chi connectivity index (χ3n) is 5.38. The molecule has 4 rings (SSSR count). The highest BCUT2D eigenvalue weighted by atomic mass is 32.1. The zero-order valence-corrected chi connectivity index (χ0v) is 20.6. The molecular weight excluding hydrogens is 519 g/mol. The molecule has 1 aliphatic rings. The van der Waals surface area contributed by atoms with Crippen molar-refractivity contribution >= 4 is 39.3 Å². The molecule has 11 nitrogen and oxygen atoms in total. The predicted molar refractivity (Wildman–Crippen MR) is 129 cm³/mol. The molecule has 3 N–H and O–H groups in total. The molecule has 0 aromatic carbocycles. The number of rotatable bonds is 6. The van der Waals surface area contributed by atoms with Crippen LogP contribution in [0, 0.1) is 0 Å². The molecule has 37 heavy (non-hydrogen) atoms. The number of pyridine rings is 2. The minimum absolute atomic E-state index is 0.145. The van der Waals surface area contributed by atoms with E-state index in [1.165, 1.54) is 18.4 Å². The Balaban J connectivity index is 0.000000479. The van der Waals surface area contributed by atoms with Crippen molar-refractivity contribution in [3.05, 3.63) is 34.2 Å². The van der Waals surface area contributed by atoms with E-state index in [9.17, 15) is 27.9 Å². The van der Waals surface area contributed by atoms with Crippen LogP contribution in [0.15, 0.2) is 23.1 Å². The highest BCUT2D eigenvalue weighted by Gasteiger charge is 2.38. The summed E-state index contributed by atoms with van der Waals surface area (Å²) in [4.78, 5) is 45.4. The Morgan fingerprint density at radius 1 is 1.24 bits per heavy atom. The van der Waals surface area contributed by atoms with Crippen molar-refractivity contribution < 1.29 is 37.7 Å². The van der Waals surface area contributed by atoms with Gasteiger partial charge in [-0.1, -0.05) is 18.3 Å². The van der Waals surface area contributed by atoms with Gasteiger partial charge < -0.3 is 29.7 Å². The van der Waals surface area contributed by atoms with Crippen molar-refractivity contribution in [2.24, 2.45) is 0 Å². The average molecular weight is 544 g/mol. The van der Waals surface area contributed by atoms with Crippen molar-refractivity contribution in [3.63, 3.8) is 0 Å². The number of alkyl halides is 3. The Morgan fingerprint density at radius 3 is 2.43 bits per heavy atom. The van der Waals surface area contributed by atoms with Gasteiger partial charge in [-0.3, -0.25) is 9.59 Å². The molecule has 1 fully saturated rings. The highest BCUT2D eigenvalue weighted by molar-refractivity contribution is 7.21. The number of piperazine rings is 1. The van der Waals surface area contributed by atoms with Crippen molar-refractivity contribution in [2.45, 2.75) is 26.1 Å². The molecule has 0 bridgehead atoms. The normalized spacial score (nSPS) is 13.7. The van der Waals surface area contributed by atoms with Crippen LogP contribution in [0.4, 0.5) is 18.9 Å². The lowest BCUT2D eigenvalue weighted by molar-refractivity contribution is -0.192. The number of anilines is 1. The first-order chi connectivity index (χ1) is 17.5. The van der Waals surface area contributed by atoms with Gasteiger partial charge in [-0.25, -0.2) is 14.8 Å². The molecule has 0 saturated carbocycles. The molecule has 0 unspecified atom stereocenters. The van der Waals surface area contributed by atoms with E-state index in [2.05, 4.69) is 15.3 Å². The maximum absolute atomic E-state index is 13.5. The van der Waals surface area contributed by atoms with E-state index < -0.39 is 18.1 Å². The molecule has 0 aliphatic carbocycles. The number of carboxylic acid groups (broad SMARTS) is 2. The quantitative estimate of drug-likeness (QED) is 0.423. The monoisotopic (exact) mass is 543 g/mol. The molecule has 0 spiro atoms. The summed E-state index contributed by atoms with van der Waals surface area (Å²) in [6, 6.07) is 3.55. The first kappa shape index (κ1) is 27.9. The van der Waals surface area contributed by atoms with Gasteiger partial charge in [0, 0.05) is 49.7 Å². The second kappa shape index (κ2) is 11.6. The van der Waals surface area contributed by atoms with Crippen LogP contribution in [0.25, 0.3) is 20.9 Å². The summed E-state index contributed by atoms with van der Waals surface area (Å²) in [5.74, 6) is -3.27. The number of carbonyl (C=O) groups is 2. The number of thiazole rings is 1. The summed E-state index contributed by atoms with van der Waals surface area (Å²) in [6.45, 7) is 4.66. The fraction of sp³-hybridized carbons (Fsp3) is 0.409. The van der Waals surface area contributed by atoms with Gasteiger partial charge >= 0.3 is 18.1 Å². The third kappa shape index (κ3) is 6.35.